The summed E-state index contributed by atoms with van der Waals surface area (Å²) in [5.41, 5.74) is 0. The number of nitrogens with one attached hydrogen (secondary N) is 1. The van der Waals surface area contributed by atoms with E-state index in [4.69, 9.17) is 0 Å². The normalized spacial score (nSPS) is 18.9. The van der Waals surface area contributed by atoms with Crippen molar-refractivity contribution >= 4 is 11.3 Å². The van der Waals surface area contributed by atoms with Crippen molar-refractivity contribution in [3.8, 4) is 0 Å². The van der Waals surface area contributed by atoms with Crippen molar-refractivity contribution in [1.82, 2.24) is 10.2 Å². The number of nitrogens with zero attached hydrogens (tertiary/aromatic N) is 1. The first-order chi connectivity index (χ1) is 9.31. The Morgan fingerprint density at radius 1 is 1.37 bits per heavy atom. The average Bonchev–Trinajstić information content (AvgIpc) is 2.98. The molecular formula is C16H28N2S. The molecule has 0 spiro atoms. The van der Waals surface area contributed by atoms with Gasteiger partial charge in [0, 0.05) is 30.1 Å². The highest BCUT2D eigenvalue weighted by Gasteiger charge is 2.19. The Kier molecular flexibility index (Phi) is 6.35. The van der Waals surface area contributed by atoms with Gasteiger partial charge in [0.15, 0.2) is 0 Å². The summed E-state index contributed by atoms with van der Waals surface area (Å²) in [5.74, 6) is 0. The lowest BCUT2D eigenvalue weighted by molar-refractivity contribution is 0.163. The third-order valence-electron chi connectivity index (χ3n) is 4.32. The molecule has 1 fully saturated rings. The van der Waals surface area contributed by atoms with Crippen molar-refractivity contribution in [2.24, 2.45) is 0 Å². The van der Waals surface area contributed by atoms with Crippen LogP contribution in [-0.2, 0) is 0 Å². The molecule has 19 heavy (non-hydrogen) atoms. The minimum Gasteiger partial charge on any atom is -0.308 e. The molecule has 108 valence electrons. The van der Waals surface area contributed by atoms with Gasteiger partial charge in [0.25, 0.3) is 0 Å². The molecule has 1 aliphatic rings. The first-order valence-electron chi connectivity index (χ1n) is 7.82. The van der Waals surface area contributed by atoms with Gasteiger partial charge in [0.05, 0.1) is 0 Å². The highest BCUT2D eigenvalue weighted by molar-refractivity contribution is 7.10. The van der Waals surface area contributed by atoms with Crippen LogP contribution < -0.4 is 5.32 Å². The molecule has 1 aliphatic carbocycles. The average molecular weight is 280 g/mol. The monoisotopic (exact) mass is 280 g/mol. The van der Waals surface area contributed by atoms with Crippen LogP contribution in [0.15, 0.2) is 17.5 Å². The molecule has 1 aromatic rings. The van der Waals surface area contributed by atoms with E-state index >= 15 is 0 Å². The Balaban J connectivity index is 1.70. The fourth-order valence-corrected chi connectivity index (χ4v) is 3.87. The van der Waals surface area contributed by atoms with Crippen LogP contribution in [0.4, 0.5) is 0 Å². The molecule has 0 saturated heterocycles. The van der Waals surface area contributed by atoms with Gasteiger partial charge in [-0.3, -0.25) is 4.90 Å². The van der Waals surface area contributed by atoms with Gasteiger partial charge < -0.3 is 5.32 Å². The van der Waals surface area contributed by atoms with Gasteiger partial charge in [-0.15, -0.1) is 11.3 Å². The Hall–Kier alpha value is -0.380. The maximum absolute atomic E-state index is 3.66. The Labute approximate surface area is 122 Å². The minimum absolute atomic E-state index is 0.491. The highest BCUT2D eigenvalue weighted by Crippen LogP contribution is 2.22. The lowest BCUT2D eigenvalue weighted by atomic mass is 9.94. The molecule has 0 bridgehead atoms. The van der Waals surface area contributed by atoms with Crippen molar-refractivity contribution in [1.29, 1.82) is 0 Å². The number of rotatable bonds is 7. The third-order valence-corrected chi connectivity index (χ3v) is 5.37. The maximum Gasteiger partial charge on any atom is 0.0386 e. The van der Waals surface area contributed by atoms with Crippen molar-refractivity contribution in [3.63, 3.8) is 0 Å². The Morgan fingerprint density at radius 3 is 2.79 bits per heavy atom. The van der Waals surface area contributed by atoms with Gasteiger partial charge in [-0.1, -0.05) is 32.3 Å². The molecule has 3 heteroatoms. The highest BCUT2D eigenvalue weighted by atomic mass is 32.1. The quantitative estimate of drug-likeness (QED) is 0.810. The van der Waals surface area contributed by atoms with Crippen LogP contribution in [-0.4, -0.2) is 30.6 Å². The van der Waals surface area contributed by atoms with E-state index in [0.717, 1.165) is 12.6 Å². The molecule has 1 saturated carbocycles. The molecule has 1 heterocycles. The summed E-state index contributed by atoms with van der Waals surface area (Å²) < 4.78 is 0. The lowest BCUT2D eigenvalue weighted by Gasteiger charge is -2.33. The number of hydrogen-bond donors (Lipinski definition) is 1. The van der Waals surface area contributed by atoms with E-state index < -0.39 is 0 Å². The largest absolute Gasteiger partial charge is 0.308 e. The molecule has 0 amide bonds. The molecule has 1 N–H and O–H groups in total. The number of hydrogen-bond acceptors (Lipinski definition) is 3. The van der Waals surface area contributed by atoms with Crippen molar-refractivity contribution in [2.45, 2.75) is 58.0 Å². The summed E-state index contributed by atoms with van der Waals surface area (Å²) in [6.45, 7) is 8.06. The third kappa shape index (κ3) is 4.59. The molecule has 1 atom stereocenters. The van der Waals surface area contributed by atoms with Gasteiger partial charge in [0.2, 0.25) is 0 Å². The first kappa shape index (κ1) is 15.0. The summed E-state index contributed by atoms with van der Waals surface area (Å²) in [6, 6.07) is 5.70. The summed E-state index contributed by atoms with van der Waals surface area (Å²) in [6.07, 6.45) is 7.13. The lowest BCUT2D eigenvalue weighted by Crippen LogP contribution is -2.41. The van der Waals surface area contributed by atoms with Gasteiger partial charge in [-0.05, 0) is 37.8 Å². The van der Waals surface area contributed by atoms with Gasteiger partial charge in [-0.25, -0.2) is 0 Å². The second kappa shape index (κ2) is 8.03. The van der Waals surface area contributed by atoms with Crippen LogP contribution in [0.3, 0.4) is 0 Å². The van der Waals surface area contributed by atoms with E-state index in [1.165, 1.54) is 50.1 Å². The van der Waals surface area contributed by atoms with Crippen LogP contribution in [0.25, 0.3) is 0 Å². The summed E-state index contributed by atoms with van der Waals surface area (Å²) in [5, 5.41) is 5.82. The second-order valence-corrected chi connectivity index (χ2v) is 6.59. The predicted molar refractivity (Wildman–Crippen MR) is 84.9 cm³/mol. The van der Waals surface area contributed by atoms with Crippen LogP contribution in [0.2, 0.25) is 0 Å². The summed E-state index contributed by atoms with van der Waals surface area (Å²) in [7, 11) is 0. The van der Waals surface area contributed by atoms with E-state index in [1.807, 2.05) is 11.3 Å². The van der Waals surface area contributed by atoms with E-state index in [-0.39, 0.29) is 0 Å². The Morgan fingerprint density at radius 2 is 2.16 bits per heavy atom. The van der Waals surface area contributed by atoms with Crippen molar-refractivity contribution < 1.29 is 0 Å². The zero-order valence-electron chi connectivity index (χ0n) is 12.4. The molecule has 1 unspecified atom stereocenters. The molecule has 0 aromatic carbocycles. The second-order valence-electron chi connectivity index (χ2n) is 5.61. The molecule has 2 nitrogen and oxygen atoms in total. The van der Waals surface area contributed by atoms with Crippen LogP contribution in [0.5, 0.6) is 0 Å². The maximum atomic E-state index is 3.66. The topological polar surface area (TPSA) is 15.3 Å². The predicted octanol–water partition coefficient (Wildman–Crippen LogP) is 4.05. The van der Waals surface area contributed by atoms with E-state index in [1.54, 1.807) is 0 Å². The molecule has 0 radical (unpaired) electrons. The number of likely N-dealkylation sites (N-methyl/N-ethyl adjacent to an activating group) is 1. The fourth-order valence-electron chi connectivity index (χ4n) is 3.11. The van der Waals surface area contributed by atoms with Crippen molar-refractivity contribution in [2.75, 3.05) is 19.6 Å². The van der Waals surface area contributed by atoms with E-state index in [9.17, 15) is 0 Å². The van der Waals surface area contributed by atoms with Crippen LogP contribution in [0, 0.1) is 0 Å². The Bertz CT molecular complexity index is 331. The van der Waals surface area contributed by atoms with Gasteiger partial charge in [-0.2, -0.15) is 0 Å². The van der Waals surface area contributed by atoms with Crippen LogP contribution in [0.1, 0.15) is 56.9 Å². The van der Waals surface area contributed by atoms with Gasteiger partial charge >= 0.3 is 0 Å². The summed E-state index contributed by atoms with van der Waals surface area (Å²) in [4.78, 5) is 4.12. The minimum atomic E-state index is 0.491. The fraction of sp³-hybridized carbons (Fsp3) is 0.750. The smallest absolute Gasteiger partial charge is 0.0386 e. The SMILES string of the molecule is CCN(CCNC(C)c1cccs1)C1CCCCC1. The molecule has 2 rings (SSSR count). The van der Waals surface area contributed by atoms with E-state index in [2.05, 4.69) is 41.6 Å². The standard InChI is InChI=1S/C16H28N2S/c1-3-18(15-8-5-4-6-9-15)12-11-17-14(2)16-10-7-13-19-16/h7,10,13-15,17H,3-6,8-9,11-12H2,1-2H3. The first-order valence-corrected chi connectivity index (χ1v) is 8.70. The summed E-state index contributed by atoms with van der Waals surface area (Å²) >= 11 is 1.85. The zero-order valence-corrected chi connectivity index (χ0v) is 13.2. The molecule has 0 aliphatic heterocycles. The molecular weight excluding hydrogens is 252 g/mol. The van der Waals surface area contributed by atoms with Crippen LogP contribution >= 0.6 is 11.3 Å². The van der Waals surface area contributed by atoms with E-state index in [0.29, 0.717) is 6.04 Å². The molecule has 1 aromatic heterocycles. The zero-order chi connectivity index (χ0) is 13.5. The van der Waals surface area contributed by atoms with Gasteiger partial charge in [0.1, 0.15) is 0 Å². The van der Waals surface area contributed by atoms with Crippen molar-refractivity contribution in [3.05, 3.63) is 22.4 Å². The number of thiophene rings is 1.